The van der Waals surface area contributed by atoms with Crippen LogP contribution < -0.4 is 0 Å². The monoisotopic (exact) mass is 340 g/mol. The predicted molar refractivity (Wildman–Crippen MR) is 94.7 cm³/mol. The Balaban J connectivity index is 2.00. The molecule has 3 heterocycles. The van der Waals surface area contributed by atoms with E-state index in [0.717, 1.165) is 30.5 Å². The van der Waals surface area contributed by atoms with Crippen LogP contribution in [-0.4, -0.2) is 29.2 Å². The zero-order valence-electron chi connectivity index (χ0n) is 15.0. The summed E-state index contributed by atoms with van der Waals surface area (Å²) in [6.45, 7) is 7.10. The number of aromatic nitrogens is 1. The zero-order chi connectivity index (χ0) is 18.0. The van der Waals surface area contributed by atoms with Crippen LogP contribution in [0.25, 0.3) is 5.52 Å². The Hall–Kier alpha value is -2.32. The highest BCUT2D eigenvalue weighted by Gasteiger charge is 2.30. The molecule has 3 rings (SSSR count). The topological polar surface area (TPSA) is 63.7 Å². The number of hydrogen-bond donors (Lipinski definition) is 0. The SMILES string of the molecule is CCOC(=O)c1cn2cc(C3CCOC(C)(C)C3)ccc2c1CC#N. The highest BCUT2D eigenvalue weighted by atomic mass is 16.5. The summed E-state index contributed by atoms with van der Waals surface area (Å²) in [5.74, 6) is 0.0613. The molecule has 1 fully saturated rings. The van der Waals surface area contributed by atoms with Crippen molar-refractivity contribution in [2.24, 2.45) is 0 Å². The molecule has 1 aliphatic rings. The second-order valence-electron chi connectivity index (χ2n) is 7.13. The summed E-state index contributed by atoms with van der Waals surface area (Å²) >= 11 is 0. The van der Waals surface area contributed by atoms with Gasteiger partial charge < -0.3 is 13.9 Å². The first-order chi connectivity index (χ1) is 11.9. The molecule has 0 amide bonds. The van der Waals surface area contributed by atoms with Crippen molar-refractivity contribution >= 4 is 11.5 Å². The third-order valence-electron chi connectivity index (χ3n) is 4.82. The number of nitrogens with zero attached hydrogens (tertiary/aromatic N) is 2. The van der Waals surface area contributed by atoms with Crippen molar-refractivity contribution in [3.05, 3.63) is 41.2 Å². The Morgan fingerprint density at radius 3 is 2.92 bits per heavy atom. The van der Waals surface area contributed by atoms with Crippen molar-refractivity contribution in [3.63, 3.8) is 0 Å². The fourth-order valence-corrected chi connectivity index (χ4v) is 3.66. The van der Waals surface area contributed by atoms with Gasteiger partial charge in [0, 0.05) is 24.6 Å². The van der Waals surface area contributed by atoms with E-state index in [1.54, 1.807) is 13.1 Å². The van der Waals surface area contributed by atoms with Gasteiger partial charge in [0.15, 0.2) is 0 Å². The summed E-state index contributed by atoms with van der Waals surface area (Å²) in [5.41, 5.74) is 3.22. The summed E-state index contributed by atoms with van der Waals surface area (Å²) in [7, 11) is 0. The molecule has 0 saturated carbocycles. The molecule has 0 aliphatic carbocycles. The number of carbonyl (C=O) groups excluding carboxylic acids is 1. The smallest absolute Gasteiger partial charge is 0.340 e. The molecule has 2 aromatic rings. The molecular formula is C20H24N2O3. The van der Waals surface area contributed by atoms with Gasteiger partial charge in [0.05, 0.1) is 35.8 Å². The molecule has 0 aromatic carbocycles. The van der Waals surface area contributed by atoms with Crippen LogP contribution in [0.2, 0.25) is 0 Å². The van der Waals surface area contributed by atoms with Crippen LogP contribution >= 0.6 is 0 Å². The third-order valence-corrected chi connectivity index (χ3v) is 4.82. The van der Waals surface area contributed by atoms with Gasteiger partial charge >= 0.3 is 5.97 Å². The first-order valence-corrected chi connectivity index (χ1v) is 8.76. The van der Waals surface area contributed by atoms with E-state index < -0.39 is 0 Å². The number of hydrogen-bond acceptors (Lipinski definition) is 4. The lowest BCUT2D eigenvalue weighted by molar-refractivity contribution is -0.0593. The van der Waals surface area contributed by atoms with Gasteiger partial charge in [-0.25, -0.2) is 4.79 Å². The van der Waals surface area contributed by atoms with Crippen molar-refractivity contribution in [1.29, 1.82) is 5.26 Å². The van der Waals surface area contributed by atoms with Gasteiger partial charge in [0.25, 0.3) is 0 Å². The number of fused-ring (bicyclic) bond motifs is 1. The number of rotatable bonds is 4. The maximum Gasteiger partial charge on any atom is 0.340 e. The summed E-state index contributed by atoms with van der Waals surface area (Å²) in [6, 6.07) is 6.27. The van der Waals surface area contributed by atoms with Gasteiger partial charge in [-0.05, 0) is 51.2 Å². The van der Waals surface area contributed by atoms with Gasteiger partial charge in [0.1, 0.15) is 0 Å². The molecule has 2 aromatic heterocycles. The predicted octanol–water partition coefficient (Wildman–Crippen LogP) is 3.85. The van der Waals surface area contributed by atoms with E-state index in [-0.39, 0.29) is 18.0 Å². The quantitative estimate of drug-likeness (QED) is 0.793. The lowest BCUT2D eigenvalue weighted by Gasteiger charge is -2.35. The molecule has 1 atom stereocenters. The average Bonchev–Trinajstić information content (AvgIpc) is 2.92. The molecule has 0 spiro atoms. The Kier molecular flexibility index (Phi) is 4.82. The van der Waals surface area contributed by atoms with Gasteiger partial charge in [-0.2, -0.15) is 5.26 Å². The van der Waals surface area contributed by atoms with Crippen LogP contribution in [0.3, 0.4) is 0 Å². The maximum absolute atomic E-state index is 12.2. The summed E-state index contributed by atoms with van der Waals surface area (Å²) in [5, 5.41) is 9.12. The number of carbonyl (C=O) groups is 1. The molecule has 1 aliphatic heterocycles. The lowest BCUT2D eigenvalue weighted by Crippen LogP contribution is -2.33. The molecular weight excluding hydrogens is 316 g/mol. The van der Waals surface area contributed by atoms with E-state index in [1.807, 2.05) is 10.5 Å². The van der Waals surface area contributed by atoms with Crippen molar-refractivity contribution in [2.75, 3.05) is 13.2 Å². The number of ether oxygens (including phenoxy) is 2. The van der Waals surface area contributed by atoms with E-state index in [0.29, 0.717) is 18.1 Å². The summed E-state index contributed by atoms with van der Waals surface area (Å²) in [6.07, 6.45) is 6.01. The van der Waals surface area contributed by atoms with Crippen LogP contribution in [-0.2, 0) is 15.9 Å². The zero-order valence-corrected chi connectivity index (χ0v) is 15.0. The minimum Gasteiger partial charge on any atom is -0.462 e. The Labute approximate surface area is 148 Å². The van der Waals surface area contributed by atoms with E-state index in [9.17, 15) is 4.79 Å². The average molecular weight is 340 g/mol. The molecule has 1 unspecified atom stereocenters. The highest BCUT2D eigenvalue weighted by molar-refractivity contribution is 5.94. The van der Waals surface area contributed by atoms with E-state index in [4.69, 9.17) is 14.7 Å². The minimum absolute atomic E-state index is 0.114. The normalized spacial score (nSPS) is 19.5. The first kappa shape index (κ1) is 17.5. The minimum atomic E-state index is -0.370. The second-order valence-corrected chi connectivity index (χ2v) is 7.13. The van der Waals surface area contributed by atoms with Gasteiger partial charge in [0.2, 0.25) is 0 Å². The van der Waals surface area contributed by atoms with Crippen molar-refractivity contribution < 1.29 is 14.3 Å². The Bertz CT molecular complexity index is 829. The maximum atomic E-state index is 12.2. The molecule has 1 saturated heterocycles. The van der Waals surface area contributed by atoms with Crippen LogP contribution in [0.1, 0.15) is 61.0 Å². The Morgan fingerprint density at radius 2 is 2.24 bits per heavy atom. The number of esters is 1. The van der Waals surface area contributed by atoms with E-state index in [1.165, 1.54) is 5.56 Å². The molecule has 0 radical (unpaired) electrons. The number of pyridine rings is 1. The largest absolute Gasteiger partial charge is 0.462 e. The summed E-state index contributed by atoms with van der Waals surface area (Å²) < 4.78 is 12.9. The molecule has 0 bridgehead atoms. The van der Waals surface area contributed by atoms with E-state index >= 15 is 0 Å². The van der Waals surface area contributed by atoms with Crippen molar-refractivity contribution in [1.82, 2.24) is 4.40 Å². The fourth-order valence-electron chi connectivity index (χ4n) is 3.66. The second kappa shape index (κ2) is 6.89. The third kappa shape index (κ3) is 3.54. The van der Waals surface area contributed by atoms with Gasteiger partial charge in [-0.1, -0.05) is 6.07 Å². The number of nitriles is 1. The first-order valence-electron chi connectivity index (χ1n) is 8.76. The molecule has 25 heavy (non-hydrogen) atoms. The molecule has 5 nitrogen and oxygen atoms in total. The molecule has 5 heteroatoms. The van der Waals surface area contributed by atoms with Gasteiger partial charge in [-0.15, -0.1) is 0 Å². The highest BCUT2D eigenvalue weighted by Crippen LogP contribution is 2.36. The van der Waals surface area contributed by atoms with Crippen LogP contribution in [0.15, 0.2) is 24.5 Å². The molecule has 132 valence electrons. The summed E-state index contributed by atoms with van der Waals surface area (Å²) in [4.78, 5) is 12.2. The Morgan fingerprint density at radius 1 is 1.44 bits per heavy atom. The van der Waals surface area contributed by atoms with Crippen LogP contribution in [0.4, 0.5) is 0 Å². The van der Waals surface area contributed by atoms with Crippen molar-refractivity contribution in [3.8, 4) is 6.07 Å². The van der Waals surface area contributed by atoms with Crippen molar-refractivity contribution in [2.45, 2.75) is 51.6 Å². The lowest BCUT2D eigenvalue weighted by atomic mass is 9.84. The van der Waals surface area contributed by atoms with Gasteiger partial charge in [-0.3, -0.25) is 0 Å². The standard InChI is InChI=1S/C20H24N2O3/c1-4-24-19(23)17-13-22-12-15(5-6-18(22)16(17)7-9-21)14-8-10-25-20(2,3)11-14/h5-6,12-14H,4,7-8,10-11H2,1-3H3. The fraction of sp³-hybridized carbons (Fsp3) is 0.500. The molecule has 0 N–H and O–H groups in total. The van der Waals surface area contributed by atoms with Crippen LogP contribution in [0.5, 0.6) is 0 Å². The van der Waals surface area contributed by atoms with E-state index in [2.05, 4.69) is 32.2 Å². The van der Waals surface area contributed by atoms with Crippen LogP contribution in [0, 0.1) is 11.3 Å².